The molecule has 2 rings (SSSR count). The molecule has 0 fully saturated rings. The number of carbonyl (C=O) groups excluding carboxylic acids is 1. The summed E-state index contributed by atoms with van der Waals surface area (Å²) in [5.74, 6) is -0.591. The molecule has 0 aliphatic rings. The van der Waals surface area contributed by atoms with Gasteiger partial charge in [0.15, 0.2) is 0 Å². The van der Waals surface area contributed by atoms with Crippen LogP contribution in [0.1, 0.15) is 11.8 Å². The van der Waals surface area contributed by atoms with Crippen molar-refractivity contribution in [3.05, 3.63) is 76.6 Å². The highest BCUT2D eigenvalue weighted by molar-refractivity contribution is 6.04. The number of aliphatic hydroxyl groups is 1. The standard InChI is InChI=1S/C15H13N3O4/c1-10(14(19)13-4-2-3-9-16-13)15(20)17-11-5-7-12(8-6-11)18(21)22/h2-9,14,19H,1H2,(H,17,20). The molecule has 1 heterocycles. The highest BCUT2D eigenvalue weighted by Gasteiger charge is 2.19. The molecule has 22 heavy (non-hydrogen) atoms. The summed E-state index contributed by atoms with van der Waals surface area (Å²) in [6.07, 6.45) is 0.277. The van der Waals surface area contributed by atoms with E-state index in [9.17, 15) is 20.0 Å². The quantitative estimate of drug-likeness (QED) is 0.500. The van der Waals surface area contributed by atoms with E-state index in [2.05, 4.69) is 16.9 Å². The van der Waals surface area contributed by atoms with Gasteiger partial charge in [-0.05, 0) is 24.3 Å². The van der Waals surface area contributed by atoms with Gasteiger partial charge in [0.1, 0.15) is 6.10 Å². The molecule has 1 atom stereocenters. The number of nitro groups is 1. The summed E-state index contributed by atoms with van der Waals surface area (Å²) >= 11 is 0. The summed E-state index contributed by atoms with van der Waals surface area (Å²) in [7, 11) is 0. The number of hydrogen-bond acceptors (Lipinski definition) is 5. The Morgan fingerprint density at radius 1 is 1.27 bits per heavy atom. The molecule has 0 radical (unpaired) electrons. The van der Waals surface area contributed by atoms with Crippen LogP contribution in [0.25, 0.3) is 0 Å². The van der Waals surface area contributed by atoms with Crippen molar-refractivity contribution in [2.24, 2.45) is 0 Å². The van der Waals surface area contributed by atoms with Gasteiger partial charge in [-0.15, -0.1) is 0 Å². The van der Waals surface area contributed by atoms with Gasteiger partial charge in [-0.25, -0.2) is 0 Å². The smallest absolute Gasteiger partial charge is 0.269 e. The third kappa shape index (κ3) is 3.53. The van der Waals surface area contributed by atoms with E-state index in [4.69, 9.17) is 0 Å². The monoisotopic (exact) mass is 299 g/mol. The minimum Gasteiger partial charge on any atom is -0.382 e. The van der Waals surface area contributed by atoms with Crippen molar-refractivity contribution in [1.29, 1.82) is 0 Å². The fourth-order valence-corrected chi connectivity index (χ4v) is 1.72. The Balaban J connectivity index is 2.05. The lowest BCUT2D eigenvalue weighted by Crippen LogP contribution is -2.19. The third-order valence-electron chi connectivity index (χ3n) is 2.93. The molecule has 0 aliphatic carbocycles. The number of amides is 1. The van der Waals surface area contributed by atoms with Crippen LogP contribution in [0, 0.1) is 10.1 Å². The summed E-state index contributed by atoms with van der Waals surface area (Å²) in [6, 6.07) is 10.3. The van der Waals surface area contributed by atoms with Crippen molar-refractivity contribution >= 4 is 17.3 Å². The minimum atomic E-state index is -1.22. The third-order valence-corrected chi connectivity index (χ3v) is 2.93. The highest BCUT2D eigenvalue weighted by atomic mass is 16.6. The Kier molecular flexibility index (Phi) is 4.60. The number of nitrogens with one attached hydrogen (secondary N) is 1. The Labute approximate surface area is 126 Å². The molecule has 0 bridgehead atoms. The van der Waals surface area contributed by atoms with Gasteiger partial charge >= 0.3 is 0 Å². The summed E-state index contributed by atoms with van der Waals surface area (Å²) < 4.78 is 0. The summed E-state index contributed by atoms with van der Waals surface area (Å²) in [6.45, 7) is 3.56. The van der Waals surface area contributed by atoms with Crippen LogP contribution >= 0.6 is 0 Å². The maximum atomic E-state index is 12.0. The molecular weight excluding hydrogens is 286 g/mol. The van der Waals surface area contributed by atoms with Crippen LogP contribution in [0.15, 0.2) is 60.8 Å². The van der Waals surface area contributed by atoms with Gasteiger partial charge < -0.3 is 10.4 Å². The van der Waals surface area contributed by atoms with E-state index in [-0.39, 0.29) is 11.3 Å². The fraction of sp³-hybridized carbons (Fsp3) is 0.0667. The number of carbonyl (C=O) groups is 1. The van der Waals surface area contributed by atoms with Gasteiger partial charge in [-0.2, -0.15) is 0 Å². The fourth-order valence-electron chi connectivity index (χ4n) is 1.72. The number of nitro benzene ring substituents is 1. The van der Waals surface area contributed by atoms with Crippen molar-refractivity contribution in [1.82, 2.24) is 4.98 Å². The van der Waals surface area contributed by atoms with Gasteiger partial charge in [0.2, 0.25) is 0 Å². The average Bonchev–Trinajstić information content (AvgIpc) is 2.54. The minimum absolute atomic E-state index is 0.0722. The van der Waals surface area contributed by atoms with Crippen molar-refractivity contribution < 1.29 is 14.8 Å². The van der Waals surface area contributed by atoms with Crippen LogP contribution in [0.2, 0.25) is 0 Å². The molecule has 0 spiro atoms. The molecule has 1 unspecified atom stereocenters. The first kappa shape index (κ1) is 15.3. The van der Waals surface area contributed by atoms with E-state index < -0.39 is 16.9 Å². The van der Waals surface area contributed by atoms with E-state index in [1.807, 2.05) is 0 Å². The molecule has 0 aliphatic heterocycles. The maximum absolute atomic E-state index is 12.0. The number of rotatable bonds is 5. The van der Waals surface area contributed by atoms with Gasteiger partial charge in [0.05, 0.1) is 10.6 Å². The maximum Gasteiger partial charge on any atom is 0.269 e. The Bertz CT molecular complexity index is 698. The van der Waals surface area contributed by atoms with Gasteiger partial charge in [0.25, 0.3) is 11.6 Å². The van der Waals surface area contributed by atoms with Crippen molar-refractivity contribution in [2.45, 2.75) is 6.10 Å². The van der Waals surface area contributed by atoms with Crippen LogP contribution in [0.4, 0.5) is 11.4 Å². The van der Waals surface area contributed by atoms with Crippen LogP contribution in [-0.2, 0) is 4.79 Å². The molecule has 1 aromatic heterocycles. The lowest BCUT2D eigenvalue weighted by atomic mass is 10.1. The first-order chi connectivity index (χ1) is 10.5. The van der Waals surface area contributed by atoms with Gasteiger partial charge in [0, 0.05) is 29.6 Å². The zero-order chi connectivity index (χ0) is 16.1. The molecule has 2 aromatic rings. The number of hydrogen-bond donors (Lipinski definition) is 2. The molecule has 0 saturated carbocycles. The van der Waals surface area contributed by atoms with Crippen LogP contribution in [0.5, 0.6) is 0 Å². The Hall–Kier alpha value is -3.06. The number of nitrogens with zero attached hydrogens (tertiary/aromatic N) is 2. The molecular formula is C15H13N3O4. The highest BCUT2D eigenvalue weighted by Crippen LogP contribution is 2.20. The number of aromatic nitrogens is 1. The second-order valence-corrected chi connectivity index (χ2v) is 4.44. The number of aliphatic hydroxyl groups excluding tert-OH is 1. The second-order valence-electron chi connectivity index (χ2n) is 4.44. The summed E-state index contributed by atoms with van der Waals surface area (Å²) in [4.78, 5) is 26.0. The van der Waals surface area contributed by atoms with Crippen LogP contribution in [-0.4, -0.2) is 20.9 Å². The zero-order valence-electron chi connectivity index (χ0n) is 11.5. The SMILES string of the molecule is C=C(C(=O)Nc1ccc([N+](=O)[O-])cc1)C(O)c1ccccn1. The number of non-ortho nitro benzene ring substituents is 1. The molecule has 7 nitrogen and oxygen atoms in total. The molecule has 0 saturated heterocycles. The largest absolute Gasteiger partial charge is 0.382 e. The summed E-state index contributed by atoms with van der Waals surface area (Å²) in [5, 5.41) is 23.1. The number of benzene rings is 1. The first-order valence-corrected chi connectivity index (χ1v) is 6.32. The molecule has 112 valence electrons. The molecule has 2 N–H and O–H groups in total. The normalized spacial score (nSPS) is 11.5. The lowest BCUT2D eigenvalue weighted by molar-refractivity contribution is -0.384. The molecule has 1 amide bonds. The molecule has 7 heteroatoms. The zero-order valence-corrected chi connectivity index (χ0v) is 11.5. The van der Waals surface area contributed by atoms with E-state index >= 15 is 0 Å². The van der Waals surface area contributed by atoms with Crippen molar-refractivity contribution in [3.63, 3.8) is 0 Å². The average molecular weight is 299 g/mol. The van der Waals surface area contributed by atoms with E-state index in [1.165, 1.54) is 30.5 Å². The van der Waals surface area contributed by atoms with Crippen LogP contribution in [0.3, 0.4) is 0 Å². The van der Waals surface area contributed by atoms with Crippen LogP contribution < -0.4 is 5.32 Å². The molecule has 1 aromatic carbocycles. The second kappa shape index (κ2) is 6.59. The van der Waals surface area contributed by atoms with Gasteiger partial charge in [-0.1, -0.05) is 12.6 Å². The lowest BCUT2D eigenvalue weighted by Gasteiger charge is -2.13. The van der Waals surface area contributed by atoms with E-state index in [0.717, 1.165) is 0 Å². The first-order valence-electron chi connectivity index (χ1n) is 6.32. The number of anilines is 1. The number of pyridine rings is 1. The van der Waals surface area contributed by atoms with E-state index in [0.29, 0.717) is 11.4 Å². The Morgan fingerprint density at radius 3 is 2.50 bits per heavy atom. The van der Waals surface area contributed by atoms with Crippen molar-refractivity contribution in [3.8, 4) is 0 Å². The summed E-state index contributed by atoms with van der Waals surface area (Å²) in [5.41, 5.74) is 0.527. The predicted octanol–water partition coefficient (Wildman–Crippen LogP) is 2.22. The van der Waals surface area contributed by atoms with Crippen molar-refractivity contribution in [2.75, 3.05) is 5.32 Å². The topological polar surface area (TPSA) is 105 Å². The Morgan fingerprint density at radius 2 is 1.95 bits per heavy atom. The van der Waals surface area contributed by atoms with Gasteiger partial charge in [-0.3, -0.25) is 19.9 Å². The predicted molar refractivity (Wildman–Crippen MR) is 80.1 cm³/mol. The van der Waals surface area contributed by atoms with E-state index in [1.54, 1.807) is 18.2 Å².